The predicted octanol–water partition coefficient (Wildman–Crippen LogP) is 4.84. The van der Waals surface area contributed by atoms with Crippen LogP contribution in [0.15, 0.2) is 35.0 Å². The number of hydrogen-bond donors (Lipinski definition) is 1. The molecule has 1 fully saturated rings. The molecule has 1 aliphatic heterocycles. The molecule has 1 saturated heterocycles. The molecule has 0 radical (unpaired) electrons. The number of halogens is 5. The van der Waals surface area contributed by atoms with E-state index in [4.69, 9.17) is 11.6 Å². The van der Waals surface area contributed by atoms with Crippen molar-refractivity contribution in [1.82, 2.24) is 10.2 Å². The van der Waals surface area contributed by atoms with Gasteiger partial charge in [0, 0.05) is 26.2 Å². The molecule has 1 atom stereocenters. The Labute approximate surface area is 154 Å². The van der Waals surface area contributed by atoms with E-state index in [1.165, 1.54) is 6.07 Å². The fourth-order valence-corrected chi connectivity index (χ4v) is 3.89. The average Bonchev–Trinajstić information content (AvgIpc) is 3.01. The maximum absolute atomic E-state index is 12.9. The molecule has 8 heteroatoms. The Morgan fingerprint density at radius 3 is 2.38 bits per heavy atom. The van der Waals surface area contributed by atoms with Gasteiger partial charge in [-0.2, -0.15) is 24.5 Å². The van der Waals surface area contributed by atoms with E-state index in [0.717, 1.165) is 43.4 Å². The smallest absolute Gasteiger partial charge is 0.314 e. The zero-order valence-electron chi connectivity index (χ0n) is 12.6. The molecule has 0 amide bonds. The number of thiophene rings is 1. The topological polar surface area (TPSA) is 15.3 Å². The highest BCUT2D eigenvalue weighted by Gasteiger charge is 2.34. The van der Waals surface area contributed by atoms with Crippen LogP contribution < -0.4 is 5.32 Å². The van der Waals surface area contributed by atoms with E-state index in [1.807, 2.05) is 16.8 Å². The Kier molecular flexibility index (Phi) is 6.56. The number of piperazine rings is 1. The first kappa shape index (κ1) is 19.5. The second-order valence-corrected chi connectivity index (χ2v) is 6.67. The van der Waals surface area contributed by atoms with Gasteiger partial charge in [-0.3, -0.25) is 4.90 Å². The lowest BCUT2D eigenvalue weighted by molar-refractivity contribution is -0.137. The highest BCUT2D eigenvalue weighted by atomic mass is 35.5. The number of rotatable bonds is 3. The highest BCUT2D eigenvalue weighted by molar-refractivity contribution is 7.08. The highest BCUT2D eigenvalue weighted by Crippen LogP contribution is 2.38. The normalized spacial score (nSPS) is 17.3. The van der Waals surface area contributed by atoms with E-state index in [0.29, 0.717) is 0 Å². The molecule has 2 aromatic rings. The van der Waals surface area contributed by atoms with Gasteiger partial charge in [-0.15, -0.1) is 12.4 Å². The van der Waals surface area contributed by atoms with Gasteiger partial charge < -0.3 is 5.32 Å². The molecule has 1 aliphatic rings. The lowest BCUT2D eigenvalue weighted by atomic mass is 9.97. The zero-order chi connectivity index (χ0) is 16.4. The van der Waals surface area contributed by atoms with Gasteiger partial charge in [0.05, 0.1) is 16.6 Å². The Morgan fingerprint density at radius 2 is 1.83 bits per heavy atom. The van der Waals surface area contributed by atoms with Crippen LogP contribution in [-0.2, 0) is 6.18 Å². The maximum Gasteiger partial charge on any atom is 0.417 e. The summed E-state index contributed by atoms with van der Waals surface area (Å²) in [5.41, 5.74) is 1.10. The summed E-state index contributed by atoms with van der Waals surface area (Å²) in [6, 6.07) is 6.03. The van der Waals surface area contributed by atoms with Crippen LogP contribution in [0.5, 0.6) is 0 Å². The molecule has 0 spiro atoms. The molecular formula is C16H17Cl2F3N2S. The van der Waals surface area contributed by atoms with Crippen molar-refractivity contribution in [1.29, 1.82) is 0 Å². The monoisotopic (exact) mass is 396 g/mol. The van der Waals surface area contributed by atoms with E-state index in [-0.39, 0.29) is 23.5 Å². The molecule has 24 heavy (non-hydrogen) atoms. The van der Waals surface area contributed by atoms with Gasteiger partial charge in [0.2, 0.25) is 0 Å². The van der Waals surface area contributed by atoms with Gasteiger partial charge in [0.15, 0.2) is 0 Å². The van der Waals surface area contributed by atoms with Crippen LogP contribution in [0.1, 0.15) is 22.7 Å². The van der Waals surface area contributed by atoms with Crippen molar-refractivity contribution in [2.24, 2.45) is 0 Å². The number of nitrogens with zero attached hydrogens (tertiary/aromatic N) is 1. The van der Waals surface area contributed by atoms with Crippen LogP contribution in [0.2, 0.25) is 5.02 Å². The lowest BCUT2D eigenvalue weighted by Crippen LogP contribution is -2.45. The van der Waals surface area contributed by atoms with Gasteiger partial charge in [0.25, 0.3) is 0 Å². The van der Waals surface area contributed by atoms with E-state index in [2.05, 4.69) is 10.2 Å². The van der Waals surface area contributed by atoms with E-state index < -0.39 is 11.7 Å². The van der Waals surface area contributed by atoms with Crippen molar-refractivity contribution in [2.45, 2.75) is 12.2 Å². The molecule has 0 bridgehead atoms. The molecule has 0 saturated carbocycles. The number of benzene rings is 1. The maximum atomic E-state index is 12.9. The third kappa shape index (κ3) is 4.24. The summed E-state index contributed by atoms with van der Waals surface area (Å²) in [5.74, 6) is 0. The molecule has 2 heterocycles. The zero-order valence-corrected chi connectivity index (χ0v) is 15.0. The predicted molar refractivity (Wildman–Crippen MR) is 94.3 cm³/mol. The van der Waals surface area contributed by atoms with Crippen LogP contribution in [0.4, 0.5) is 13.2 Å². The first-order valence-electron chi connectivity index (χ1n) is 7.30. The van der Waals surface area contributed by atoms with Crippen molar-refractivity contribution < 1.29 is 13.2 Å². The van der Waals surface area contributed by atoms with E-state index in [9.17, 15) is 13.2 Å². The molecule has 0 unspecified atom stereocenters. The standard InChI is InChI=1S/C16H16ClF3N2S.ClH/c17-14-9-11(1-2-13(14)16(18,19)20)15(12-3-8-23-10-12)22-6-4-21-5-7-22;/h1-3,8-10,15,21H,4-7H2;1H/t15-;/m0./s1. The molecule has 3 rings (SSSR count). The van der Waals surface area contributed by atoms with Crippen LogP contribution in [-0.4, -0.2) is 31.1 Å². The molecular weight excluding hydrogens is 380 g/mol. The van der Waals surface area contributed by atoms with Crippen molar-refractivity contribution >= 4 is 35.3 Å². The lowest BCUT2D eigenvalue weighted by Gasteiger charge is -2.35. The first-order chi connectivity index (χ1) is 11.0. The largest absolute Gasteiger partial charge is 0.417 e. The van der Waals surface area contributed by atoms with Gasteiger partial charge in [0.1, 0.15) is 0 Å². The summed E-state index contributed by atoms with van der Waals surface area (Å²) in [6.07, 6.45) is -4.43. The second-order valence-electron chi connectivity index (χ2n) is 5.48. The van der Waals surface area contributed by atoms with Crippen molar-refractivity contribution in [3.63, 3.8) is 0 Å². The van der Waals surface area contributed by atoms with Gasteiger partial charge in [-0.25, -0.2) is 0 Å². The summed E-state index contributed by atoms with van der Waals surface area (Å²) in [7, 11) is 0. The third-order valence-electron chi connectivity index (χ3n) is 3.99. The minimum Gasteiger partial charge on any atom is -0.314 e. The fraction of sp³-hybridized carbons (Fsp3) is 0.375. The van der Waals surface area contributed by atoms with Gasteiger partial charge in [-0.1, -0.05) is 17.7 Å². The third-order valence-corrected chi connectivity index (χ3v) is 5.00. The molecule has 1 aromatic carbocycles. The molecule has 2 nitrogen and oxygen atoms in total. The number of nitrogens with one attached hydrogen (secondary N) is 1. The summed E-state index contributed by atoms with van der Waals surface area (Å²) >= 11 is 7.49. The fourth-order valence-electron chi connectivity index (χ4n) is 2.92. The Morgan fingerprint density at radius 1 is 1.12 bits per heavy atom. The van der Waals surface area contributed by atoms with Gasteiger partial charge in [-0.05, 0) is 40.1 Å². The molecule has 1 N–H and O–H groups in total. The van der Waals surface area contributed by atoms with Crippen molar-refractivity contribution in [3.8, 4) is 0 Å². The van der Waals surface area contributed by atoms with E-state index in [1.54, 1.807) is 17.4 Å². The summed E-state index contributed by atoms with van der Waals surface area (Å²) in [4.78, 5) is 2.28. The van der Waals surface area contributed by atoms with Crippen molar-refractivity contribution in [3.05, 3.63) is 56.7 Å². The first-order valence-corrected chi connectivity index (χ1v) is 8.62. The minimum absolute atomic E-state index is 0. The second kappa shape index (κ2) is 8.06. The quantitative estimate of drug-likeness (QED) is 0.798. The van der Waals surface area contributed by atoms with Crippen LogP contribution in [0, 0.1) is 0 Å². The Balaban J connectivity index is 0.00000208. The number of hydrogen-bond acceptors (Lipinski definition) is 3. The molecule has 132 valence electrons. The molecule has 0 aliphatic carbocycles. The Bertz CT molecular complexity index is 656. The van der Waals surface area contributed by atoms with Crippen LogP contribution >= 0.6 is 35.3 Å². The van der Waals surface area contributed by atoms with Crippen molar-refractivity contribution in [2.75, 3.05) is 26.2 Å². The average molecular weight is 397 g/mol. The van der Waals surface area contributed by atoms with Crippen LogP contribution in [0.3, 0.4) is 0 Å². The molecule has 1 aromatic heterocycles. The minimum atomic E-state index is -4.43. The summed E-state index contributed by atoms with van der Waals surface area (Å²) in [6.45, 7) is 3.43. The number of alkyl halides is 3. The summed E-state index contributed by atoms with van der Waals surface area (Å²) < 4.78 is 38.7. The summed E-state index contributed by atoms with van der Waals surface area (Å²) in [5, 5.41) is 7.07. The van der Waals surface area contributed by atoms with Gasteiger partial charge >= 0.3 is 6.18 Å². The SMILES string of the molecule is Cl.FC(F)(F)c1ccc([C@@H](c2ccsc2)N2CCNCC2)cc1Cl. The Hall–Kier alpha value is -0.790. The van der Waals surface area contributed by atoms with Crippen LogP contribution in [0.25, 0.3) is 0 Å². The van der Waals surface area contributed by atoms with E-state index >= 15 is 0 Å².